The zero-order valence-corrected chi connectivity index (χ0v) is 28.1. The Morgan fingerprint density at radius 1 is 0.673 bits per heavy atom. The third-order valence-electron chi connectivity index (χ3n) is 8.61. The van der Waals surface area contributed by atoms with Crippen LogP contribution in [-0.4, -0.2) is 67.2 Å². The normalized spacial score (nSPS) is 16.7. The van der Waals surface area contributed by atoms with Crippen LogP contribution in [-0.2, 0) is 14.3 Å². The molecule has 256 valence electrons. The molecule has 0 saturated carbocycles. The first kappa shape index (κ1) is 34.6. The van der Waals surface area contributed by atoms with Crippen LogP contribution in [0.1, 0.15) is 19.8 Å². The molecular weight excluding hydrogens is 616 g/mol. The lowest BCUT2D eigenvalue weighted by Crippen LogP contribution is -2.49. The van der Waals surface area contributed by atoms with Gasteiger partial charge in [0.1, 0.15) is 12.3 Å². The van der Waals surface area contributed by atoms with Gasteiger partial charge in [0.05, 0.1) is 6.42 Å². The number of hydrogen-bond donors (Lipinski definition) is 6. The van der Waals surface area contributed by atoms with E-state index in [4.69, 9.17) is 27.7 Å². The highest BCUT2D eigenvalue weighted by molar-refractivity contribution is 6.10. The number of para-hydroxylation sites is 1. The molecule has 11 nitrogen and oxygen atoms in total. The molecule has 11 heteroatoms. The van der Waals surface area contributed by atoms with Crippen molar-refractivity contribution in [2.24, 2.45) is 0 Å². The predicted octanol–water partition coefficient (Wildman–Crippen LogP) is 5.35. The third kappa shape index (κ3) is 8.82. The van der Waals surface area contributed by atoms with Crippen LogP contribution in [0, 0.1) is 0 Å². The number of hydrogen-bond acceptors (Lipinski definition) is 10. The third-order valence-corrected chi connectivity index (χ3v) is 8.61. The van der Waals surface area contributed by atoms with Gasteiger partial charge in [0.2, 0.25) is 5.91 Å². The van der Waals surface area contributed by atoms with E-state index in [1.54, 1.807) is 0 Å². The SMILES string of the molecule is CN1CCN(C(=O)CCC(=O)OCC2(C)Nc3cccc4c(N)ccc(c34)N2)CC1.Nc1ccc(N)c2ccccc12.Nc1ccccc1. The van der Waals surface area contributed by atoms with Gasteiger partial charge in [-0.25, -0.2) is 0 Å². The van der Waals surface area contributed by atoms with E-state index in [9.17, 15) is 9.59 Å². The van der Waals surface area contributed by atoms with E-state index in [-0.39, 0.29) is 31.3 Å². The number of carbonyl (C=O) groups is 2. The van der Waals surface area contributed by atoms with Crippen LogP contribution >= 0.6 is 0 Å². The van der Waals surface area contributed by atoms with Crippen LogP contribution in [0.15, 0.2) is 97.1 Å². The Labute approximate surface area is 287 Å². The molecule has 0 bridgehead atoms. The second-order valence-electron chi connectivity index (χ2n) is 12.6. The molecule has 0 radical (unpaired) electrons. The Balaban J connectivity index is 0.000000199. The number of rotatable bonds is 5. The van der Waals surface area contributed by atoms with E-state index < -0.39 is 5.66 Å². The van der Waals surface area contributed by atoms with Crippen LogP contribution in [0.25, 0.3) is 21.5 Å². The van der Waals surface area contributed by atoms with Crippen molar-refractivity contribution in [3.8, 4) is 0 Å². The molecule has 1 unspecified atom stereocenters. The molecule has 2 aliphatic rings. The minimum Gasteiger partial charge on any atom is -0.461 e. The van der Waals surface area contributed by atoms with Crippen molar-refractivity contribution in [2.75, 3.05) is 73.4 Å². The van der Waals surface area contributed by atoms with E-state index >= 15 is 0 Å². The monoisotopic (exact) mass is 662 g/mol. The number of likely N-dealkylation sites (N-methyl/N-ethyl adjacent to an activating group) is 1. The second-order valence-corrected chi connectivity index (χ2v) is 12.6. The number of nitrogens with zero attached hydrogens (tertiary/aromatic N) is 2. The van der Waals surface area contributed by atoms with Crippen molar-refractivity contribution >= 4 is 67.5 Å². The van der Waals surface area contributed by atoms with E-state index in [0.29, 0.717) is 13.1 Å². The molecule has 0 spiro atoms. The van der Waals surface area contributed by atoms with E-state index in [1.165, 1.54) is 0 Å². The molecule has 49 heavy (non-hydrogen) atoms. The number of benzene rings is 5. The zero-order valence-electron chi connectivity index (χ0n) is 28.1. The van der Waals surface area contributed by atoms with Crippen LogP contribution in [0.3, 0.4) is 0 Å². The summed E-state index contributed by atoms with van der Waals surface area (Å²) in [7, 11) is 2.04. The van der Waals surface area contributed by atoms with Gasteiger partial charge in [-0.05, 0) is 56.4 Å². The fraction of sp³-hybridized carbons (Fsp3) is 0.263. The van der Waals surface area contributed by atoms with Crippen molar-refractivity contribution in [2.45, 2.75) is 25.4 Å². The van der Waals surface area contributed by atoms with Crippen LogP contribution in [0.4, 0.5) is 34.1 Å². The van der Waals surface area contributed by atoms with E-state index in [0.717, 1.165) is 68.8 Å². The first-order chi connectivity index (χ1) is 23.5. The highest BCUT2D eigenvalue weighted by Gasteiger charge is 2.32. The Hall–Kier alpha value is -5.68. The lowest BCUT2D eigenvalue weighted by Gasteiger charge is -2.38. The Morgan fingerprint density at radius 3 is 1.80 bits per heavy atom. The van der Waals surface area contributed by atoms with Gasteiger partial charge in [-0.3, -0.25) is 9.59 Å². The summed E-state index contributed by atoms with van der Waals surface area (Å²) < 4.78 is 5.51. The first-order valence-corrected chi connectivity index (χ1v) is 16.4. The number of esters is 1. The van der Waals surface area contributed by atoms with Crippen molar-refractivity contribution < 1.29 is 14.3 Å². The zero-order chi connectivity index (χ0) is 35.0. The number of anilines is 6. The number of nitrogens with one attached hydrogen (secondary N) is 2. The number of nitrogen functional groups attached to an aromatic ring is 4. The van der Waals surface area contributed by atoms with Gasteiger partial charge in [-0.15, -0.1) is 0 Å². The van der Waals surface area contributed by atoms with Gasteiger partial charge in [0, 0.05) is 88.3 Å². The average molecular weight is 663 g/mol. The molecule has 0 aromatic heterocycles. The quantitative estimate of drug-likeness (QED) is 0.106. The van der Waals surface area contributed by atoms with Gasteiger partial charge in [-0.1, -0.05) is 54.6 Å². The predicted molar refractivity (Wildman–Crippen MR) is 202 cm³/mol. The topological polar surface area (TPSA) is 178 Å². The van der Waals surface area contributed by atoms with Gasteiger partial charge >= 0.3 is 5.97 Å². The molecule has 1 saturated heterocycles. The van der Waals surface area contributed by atoms with Gasteiger partial charge < -0.3 is 48.1 Å². The second kappa shape index (κ2) is 15.5. The minimum absolute atomic E-state index is 0.0124. The first-order valence-electron chi connectivity index (χ1n) is 16.4. The smallest absolute Gasteiger partial charge is 0.306 e. The molecule has 0 aliphatic carbocycles. The van der Waals surface area contributed by atoms with E-state index in [1.807, 2.05) is 116 Å². The van der Waals surface area contributed by atoms with Crippen LogP contribution < -0.4 is 33.6 Å². The summed E-state index contributed by atoms with van der Waals surface area (Å²) >= 11 is 0. The molecule has 5 aromatic carbocycles. The van der Waals surface area contributed by atoms with Gasteiger partial charge in [-0.2, -0.15) is 0 Å². The molecule has 1 atom stereocenters. The van der Waals surface area contributed by atoms with Crippen molar-refractivity contribution in [1.29, 1.82) is 0 Å². The molecule has 10 N–H and O–H groups in total. The maximum Gasteiger partial charge on any atom is 0.306 e. The Morgan fingerprint density at radius 2 is 1.20 bits per heavy atom. The maximum absolute atomic E-state index is 12.3. The Bertz CT molecular complexity index is 1860. The minimum atomic E-state index is -0.658. The largest absolute Gasteiger partial charge is 0.461 e. The van der Waals surface area contributed by atoms with Crippen LogP contribution in [0.2, 0.25) is 0 Å². The molecular formula is C38H46N8O3. The molecule has 1 fully saturated rings. The highest BCUT2D eigenvalue weighted by Crippen LogP contribution is 2.40. The molecule has 2 heterocycles. The summed E-state index contributed by atoms with van der Waals surface area (Å²) in [6.07, 6.45) is 0.269. The molecule has 7 rings (SSSR count). The number of carbonyl (C=O) groups excluding carboxylic acids is 2. The Kier molecular flexibility index (Phi) is 10.9. The van der Waals surface area contributed by atoms with Crippen molar-refractivity contribution in [1.82, 2.24) is 9.80 Å². The number of piperazine rings is 1. The standard InChI is InChI=1S/C22H29N5O3.C10H10N2.C6H7N/c1-22(14-30-20(29)9-8-19(28)27-12-10-26(2)11-13-27)24-17-5-3-4-15-16(23)6-7-18(25-22)21(15)17;11-9-5-6-10(12)8-4-2-1-3-7(8)9;7-6-4-2-1-3-5-6/h3-7,24-25H,8-14,23H2,1-2H3;1-6H,11-12H2;1-5H,7H2. The molecule has 5 aromatic rings. The molecule has 2 aliphatic heterocycles. The summed E-state index contributed by atoms with van der Waals surface area (Å²) in [5.41, 5.74) is 27.3. The van der Waals surface area contributed by atoms with E-state index in [2.05, 4.69) is 15.5 Å². The number of nitrogens with two attached hydrogens (primary N) is 4. The van der Waals surface area contributed by atoms with Gasteiger partial charge in [0.25, 0.3) is 0 Å². The maximum atomic E-state index is 12.3. The fourth-order valence-corrected chi connectivity index (χ4v) is 5.85. The summed E-state index contributed by atoms with van der Waals surface area (Å²) in [5, 5.41) is 10.9. The fourth-order valence-electron chi connectivity index (χ4n) is 5.85. The highest BCUT2D eigenvalue weighted by atomic mass is 16.5. The summed E-state index contributed by atoms with van der Waals surface area (Å²) in [5.74, 6) is -0.359. The molecule has 1 amide bonds. The number of ether oxygens (including phenoxy) is 1. The van der Waals surface area contributed by atoms with Crippen molar-refractivity contribution in [3.05, 3.63) is 97.1 Å². The number of fused-ring (bicyclic) bond motifs is 1. The number of amides is 1. The van der Waals surface area contributed by atoms with Gasteiger partial charge in [0.15, 0.2) is 0 Å². The average Bonchev–Trinajstić information content (AvgIpc) is 3.11. The summed E-state index contributed by atoms with van der Waals surface area (Å²) in [4.78, 5) is 28.6. The van der Waals surface area contributed by atoms with Crippen molar-refractivity contribution in [3.63, 3.8) is 0 Å². The summed E-state index contributed by atoms with van der Waals surface area (Å²) in [6, 6.07) is 30.7. The summed E-state index contributed by atoms with van der Waals surface area (Å²) in [6.45, 7) is 5.23. The van der Waals surface area contributed by atoms with Crippen LogP contribution in [0.5, 0.6) is 0 Å². The lowest BCUT2D eigenvalue weighted by atomic mass is 9.99. The lowest BCUT2D eigenvalue weighted by molar-refractivity contribution is -0.147.